The number of hydrogen-bond donors (Lipinski definition) is 0. The average molecular weight is 440 g/mol. The minimum atomic E-state index is -3.68. The molecule has 0 bridgehead atoms. The van der Waals surface area contributed by atoms with E-state index in [-0.39, 0.29) is 22.9 Å². The molecule has 1 amide bonds. The zero-order valence-electron chi connectivity index (χ0n) is 18.0. The fourth-order valence-corrected chi connectivity index (χ4v) is 4.99. The Morgan fingerprint density at radius 2 is 1.77 bits per heavy atom. The van der Waals surface area contributed by atoms with Crippen molar-refractivity contribution < 1.29 is 22.8 Å². The van der Waals surface area contributed by atoms with E-state index in [0.717, 1.165) is 4.85 Å². The lowest BCUT2D eigenvalue weighted by molar-refractivity contribution is -0.147. The number of sulfonamides is 1. The fraction of sp³-hybridized carbons (Fsp3) is 0.632. The molecule has 2 aromatic rings. The molecule has 0 spiro atoms. The van der Waals surface area contributed by atoms with E-state index < -0.39 is 16.1 Å². The maximum absolute atomic E-state index is 13.0. The number of nitrogens with zero attached hydrogens (tertiary/aromatic N) is 5. The zero-order valence-corrected chi connectivity index (χ0v) is 18.8. The summed E-state index contributed by atoms with van der Waals surface area (Å²) in [6.07, 6.45) is -0.820. The van der Waals surface area contributed by atoms with Crippen molar-refractivity contribution in [3.63, 3.8) is 0 Å². The van der Waals surface area contributed by atoms with Gasteiger partial charge in [0.25, 0.3) is 5.91 Å². The number of rotatable bonds is 7. The number of ether oxygens (including phenoxy) is 1. The molecule has 1 saturated heterocycles. The van der Waals surface area contributed by atoms with E-state index in [9.17, 15) is 13.2 Å². The second-order valence-electron chi connectivity index (χ2n) is 7.81. The molecule has 166 valence electrons. The van der Waals surface area contributed by atoms with E-state index in [2.05, 4.69) is 10.3 Å². The van der Waals surface area contributed by atoms with Gasteiger partial charge in [-0.1, -0.05) is 4.85 Å². The van der Waals surface area contributed by atoms with Gasteiger partial charge in [0.2, 0.25) is 16.1 Å². The molecule has 3 rings (SSSR count). The molecule has 0 radical (unpaired) electrons. The minimum Gasteiger partial charge on any atom is -0.382 e. The van der Waals surface area contributed by atoms with Crippen LogP contribution in [0.15, 0.2) is 23.1 Å². The molecule has 11 heteroatoms. The first-order valence-corrected chi connectivity index (χ1v) is 11.5. The molecule has 1 fully saturated rings. The Hall–Kier alpha value is -2.24. The highest BCUT2D eigenvalue weighted by atomic mass is 32.2. The summed E-state index contributed by atoms with van der Waals surface area (Å²) in [7, 11) is -3.68. The summed E-state index contributed by atoms with van der Waals surface area (Å²) < 4.78 is 32.5. The predicted molar refractivity (Wildman–Crippen MR) is 110 cm³/mol. The summed E-state index contributed by atoms with van der Waals surface area (Å²) >= 11 is 0. The lowest BCUT2D eigenvalue weighted by Gasteiger charge is -2.32. The SMILES string of the molecule is CC(On1nnc2ccc(S(=O)(=O)N3CCOCC3)cc21)C(=O)N(C(C)C)C(C)C. The van der Waals surface area contributed by atoms with E-state index in [1.54, 1.807) is 17.9 Å². The van der Waals surface area contributed by atoms with Crippen LogP contribution < -0.4 is 4.84 Å². The van der Waals surface area contributed by atoms with Crippen molar-refractivity contribution in [2.45, 2.75) is 57.7 Å². The number of carbonyl (C=O) groups excluding carboxylic acids is 1. The van der Waals surface area contributed by atoms with Crippen molar-refractivity contribution >= 4 is 27.0 Å². The van der Waals surface area contributed by atoms with E-state index in [1.807, 2.05) is 27.7 Å². The van der Waals surface area contributed by atoms with Gasteiger partial charge in [-0.05, 0) is 58.0 Å². The van der Waals surface area contributed by atoms with Crippen molar-refractivity contribution in [3.05, 3.63) is 18.2 Å². The fourth-order valence-electron chi connectivity index (χ4n) is 3.56. The van der Waals surface area contributed by atoms with Crippen LogP contribution in [-0.4, -0.2) is 83.2 Å². The van der Waals surface area contributed by atoms with Crippen LogP contribution in [0, 0.1) is 0 Å². The van der Waals surface area contributed by atoms with Gasteiger partial charge in [0.15, 0.2) is 0 Å². The molecule has 1 aliphatic heterocycles. The highest BCUT2D eigenvalue weighted by Gasteiger charge is 2.29. The quantitative estimate of drug-likeness (QED) is 0.631. The third-order valence-electron chi connectivity index (χ3n) is 4.97. The Kier molecular flexibility index (Phi) is 6.63. The molecular weight excluding hydrogens is 410 g/mol. The molecule has 30 heavy (non-hydrogen) atoms. The zero-order chi connectivity index (χ0) is 22.1. The Labute approximate surface area is 176 Å². The Morgan fingerprint density at radius 1 is 1.13 bits per heavy atom. The first-order chi connectivity index (χ1) is 14.1. The Morgan fingerprint density at radius 3 is 2.37 bits per heavy atom. The van der Waals surface area contributed by atoms with E-state index in [1.165, 1.54) is 16.4 Å². The van der Waals surface area contributed by atoms with Gasteiger partial charge in [-0.3, -0.25) is 4.79 Å². The molecule has 0 N–H and O–H groups in total. The van der Waals surface area contributed by atoms with Gasteiger partial charge in [0, 0.05) is 25.2 Å². The molecule has 2 heterocycles. The van der Waals surface area contributed by atoms with Crippen LogP contribution in [-0.2, 0) is 19.6 Å². The van der Waals surface area contributed by atoms with Gasteiger partial charge >= 0.3 is 0 Å². The van der Waals surface area contributed by atoms with Crippen molar-refractivity contribution in [1.82, 2.24) is 24.4 Å². The van der Waals surface area contributed by atoms with Crippen LogP contribution in [0.25, 0.3) is 11.0 Å². The standard InChI is InChI=1S/C19H29N5O5S/c1-13(2)23(14(3)4)19(25)15(5)29-24-18-12-16(6-7-17(18)20-21-24)30(26,27)22-8-10-28-11-9-22/h6-7,12-15H,8-11H2,1-5H3. The number of benzene rings is 1. The molecular formula is C19H29N5O5S. The molecule has 10 nitrogen and oxygen atoms in total. The monoisotopic (exact) mass is 439 g/mol. The van der Waals surface area contributed by atoms with Gasteiger partial charge in [-0.25, -0.2) is 8.42 Å². The number of aromatic nitrogens is 3. The molecule has 1 aliphatic rings. The summed E-state index contributed by atoms with van der Waals surface area (Å²) in [5.74, 6) is -0.180. The highest BCUT2D eigenvalue weighted by Crippen LogP contribution is 2.21. The summed E-state index contributed by atoms with van der Waals surface area (Å²) in [5, 5.41) is 7.96. The summed E-state index contributed by atoms with van der Waals surface area (Å²) in [4.78, 5) is 21.6. The predicted octanol–water partition coefficient (Wildman–Crippen LogP) is 0.915. The second-order valence-corrected chi connectivity index (χ2v) is 9.75. The van der Waals surface area contributed by atoms with E-state index >= 15 is 0 Å². The number of hydrogen-bond acceptors (Lipinski definition) is 7. The summed E-state index contributed by atoms with van der Waals surface area (Å²) in [5.41, 5.74) is 0.852. The van der Waals surface area contributed by atoms with Gasteiger partial charge in [0.05, 0.1) is 18.1 Å². The molecule has 0 aliphatic carbocycles. The lowest BCUT2D eigenvalue weighted by Crippen LogP contribution is -2.49. The molecule has 1 unspecified atom stereocenters. The van der Waals surface area contributed by atoms with E-state index in [4.69, 9.17) is 9.57 Å². The first kappa shape index (κ1) is 22.4. The maximum Gasteiger partial charge on any atom is 0.266 e. The largest absolute Gasteiger partial charge is 0.382 e. The van der Waals surface area contributed by atoms with Crippen molar-refractivity contribution in [1.29, 1.82) is 0 Å². The van der Waals surface area contributed by atoms with Crippen LogP contribution in [0.2, 0.25) is 0 Å². The van der Waals surface area contributed by atoms with Crippen LogP contribution in [0.1, 0.15) is 34.6 Å². The minimum absolute atomic E-state index is 0.0151. The average Bonchev–Trinajstić information content (AvgIpc) is 3.10. The van der Waals surface area contributed by atoms with Crippen molar-refractivity contribution in [2.75, 3.05) is 26.3 Å². The summed E-state index contributed by atoms with van der Waals surface area (Å²) in [6, 6.07) is 4.58. The first-order valence-electron chi connectivity index (χ1n) is 10.1. The molecule has 1 aromatic heterocycles. The third-order valence-corrected chi connectivity index (χ3v) is 6.86. The van der Waals surface area contributed by atoms with Gasteiger partial charge in [0.1, 0.15) is 11.0 Å². The molecule has 0 saturated carbocycles. The molecule has 1 atom stereocenters. The second kappa shape index (κ2) is 8.86. The number of morpholine rings is 1. The lowest BCUT2D eigenvalue weighted by atomic mass is 10.2. The normalized spacial score (nSPS) is 16.9. The number of fused-ring (bicyclic) bond motifs is 1. The van der Waals surface area contributed by atoms with Crippen LogP contribution in [0.4, 0.5) is 0 Å². The smallest absolute Gasteiger partial charge is 0.266 e. The van der Waals surface area contributed by atoms with E-state index in [0.29, 0.717) is 37.3 Å². The van der Waals surface area contributed by atoms with Gasteiger partial charge in [-0.15, -0.1) is 5.10 Å². The third kappa shape index (κ3) is 4.42. The Balaban J connectivity index is 1.87. The topological polar surface area (TPSA) is 107 Å². The van der Waals surface area contributed by atoms with Crippen LogP contribution in [0.3, 0.4) is 0 Å². The molecule has 1 aromatic carbocycles. The Bertz CT molecular complexity index is 990. The van der Waals surface area contributed by atoms with Crippen LogP contribution in [0.5, 0.6) is 0 Å². The number of carbonyl (C=O) groups is 1. The maximum atomic E-state index is 13.0. The van der Waals surface area contributed by atoms with Gasteiger partial charge < -0.3 is 14.5 Å². The summed E-state index contributed by atoms with van der Waals surface area (Å²) in [6.45, 7) is 10.8. The van der Waals surface area contributed by atoms with Gasteiger partial charge in [-0.2, -0.15) is 4.31 Å². The van der Waals surface area contributed by atoms with Crippen molar-refractivity contribution in [2.24, 2.45) is 0 Å². The highest BCUT2D eigenvalue weighted by molar-refractivity contribution is 7.89. The number of amides is 1. The van der Waals surface area contributed by atoms with Crippen LogP contribution >= 0.6 is 0 Å². The van der Waals surface area contributed by atoms with Crippen molar-refractivity contribution in [3.8, 4) is 0 Å².